The van der Waals surface area contributed by atoms with Gasteiger partial charge in [0.15, 0.2) is 5.52 Å². The Morgan fingerprint density at radius 3 is 2.07 bits per heavy atom. The Labute approximate surface area is 165 Å². The summed E-state index contributed by atoms with van der Waals surface area (Å²) in [6.45, 7) is 16.2. The average molecular weight is 386 g/mol. The van der Waals surface area contributed by atoms with Gasteiger partial charge in [-0.2, -0.15) is 0 Å². The molecule has 146 valence electrons. The summed E-state index contributed by atoms with van der Waals surface area (Å²) in [6, 6.07) is 7.88. The van der Waals surface area contributed by atoms with E-state index in [1.165, 1.54) is 11.1 Å². The standard InChI is InChI=1S/C23H31O3P/c1-13(2)25-19-9-10-21(20(12-19)26-14(3)4)27-23(24)22-16(6)11-15(5)17(7)18(22)8/h9-14,27H,1-8H3. The maximum Gasteiger partial charge on any atom is 0.186 e. The Kier molecular flexibility index (Phi) is 7.06. The van der Waals surface area contributed by atoms with E-state index in [9.17, 15) is 4.79 Å². The minimum atomic E-state index is 0.0128. The zero-order valence-electron chi connectivity index (χ0n) is 17.7. The third-order valence-electron chi connectivity index (χ3n) is 4.52. The molecule has 1 atom stereocenters. The predicted molar refractivity (Wildman–Crippen MR) is 116 cm³/mol. The van der Waals surface area contributed by atoms with Crippen LogP contribution in [0, 0.1) is 27.7 Å². The number of carbonyl (C=O) groups excluding carboxylic acids is 1. The summed E-state index contributed by atoms with van der Waals surface area (Å²) in [4.78, 5) is 13.1. The van der Waals surface area contributed by atoms with Crippen molar-refractivity contribution in [2.24, 2.45) is 0 Å². The van der Waals surface area contributed by atoms with Gasteiger partial charge < -0.3 is 9.47 Å². The van der Waals surface area contributed by atoms with Crippen LogP contribution in [0.25, 0.3) is 0 Å². The van der Waals surface area contributed by atoms with Crippen molar-refractivity contribution in [1.29, 1.82) is 0 Å². The van der Waals surface area contributed by atoms with Gasteiger partial charge in [0.05, 0.1) is 12.2 Å². The molecule has 0 aliphatic carbocycles. The Morgan fingerprint density at radius 1 is 0.852 bits per heavy atom. The first-order valence-electron chi connectivity index (χ1n) is 9.46. The number of ether oxygens (including phenoxy) is 2. The molecule has 0 aliphatic rings. The zero-order chi connectivity index (χ0) is 20.3. The number of benzene rings is 2. The van der Waals surface area contributed by atoms with E-state index in [1.54, 1.807) is 0 Å². The van der Waals surface area contributed by atoms with E-state index in [2.05, 4.69) is 19.9 Å². The minimum Gasteiger partial charge on any atom is -0.491 e. The Bertz CT molecular complexity index is 838. The molecular weight excluding hydrogens is 355 g/mol. The summed E-state index contributed by atoms with van der Waals surface area (Å²) in [5.74, 6) is 1.49. The van der Waals surface area contributed by atoms with Crippen LogP contribution < -0.4 is 14.8 Å². The first-order chi connectivity index (χ1) is 12.6. The molecule has 0 N–H and O–H groups in total. The molecule has 0 aliphatic heterocycles. The first-order valence-corrected chi connectivity index (χ1v) is 10.5. The van der Waals surface area contributed by atoms with Crippen molar-refractivity contribution in [3.8, 4) is 11.5 Å². The van der Waals surface area contributed by atoms with Gasteiger partial charge in [-0.3, -0.25) is 4.79 Å². The fraction of sp³-hybridized carbons (Fsp3) is 0.435. The molecule has 0 spiro atoms. The van der Waals surface area contributed by atoms with Crippen LogP contribution in [0.2, 0.25) is 0 Å². The maximum absolute atomic E-state index is 13.1. The van der Waals surface area contributed by atoms with Crippen LogP contribution in [0.1, 0.15) is 60.3 Å². The van der Waals surface area contributed by atoms with Crippen molar-refractivity contribution in [3.05, 3.63) is 52.1 Å². The second-order valence-electron chi connectivity index (χ2n) is 7.58. The summed E-state index contributed by atoms with van der Waals surface area (Å²) in [7, 11) is 0.0128. The van der Waals surface area contributed by atoms with E-state index in [0.717, 1.165) is 33.5 Å². The van der Waals surface area contributed by atoms with Crippen molar-refractivity contribution < 1.29 is 14.3 Å². The van der Waals surface area contributed by atoms with Crippen LogP contribution >= 0.6 is 8.58 Å². The molecule has 3 nitrogen and oxygen atoms in total. The van der Waals surface area contributed by atoms with Crippen molar-refractivity contribution in [2.75, 3.05) is 0 Å². The molecule has 2 aromatic rings. The molecule has 0 radical (unpaired) electrons. The minimum absolute atomic E-state index is 0.0128. The van der Waals surface area contributed by atoms with Crippen molar-refractivity contribution in [1.82, 2.24) is 0 Å². The van der Waals surface area contributed by atoms with Gasteiger partial charge >= 0.3 is 0 Å². The molecule has 2 aromatic carbocycles. The monoisotopic (exact) mass is 386 g/mol. The summed E-state index contributed by atoms with van der Waals surface area (Å²) >= 11 is 0. The smallest absolute Gasteiger partial charge is 0.186 e. The largest absolute Gasteiger partial charge is 0.491 e. The zero-order valence-corrected chi connectivity index (χ0v) is 18.7. The summed E-state index contributed by atoms with van der Waals surface area (Å²) in [5, 5.41) is 0.918. The van der Waals surface area contributed by atoms with E-state index in [0.29, 0.717) is 0 Å². The SMILES string of the molecule is Cc1cc(C)c(C(=O)Pc2ccc(OC(C)C)cc2OC(C)C)c(C)c1C. The van der Waals surface area contributed by atoms with Gasteiger partial charge in [-0.1, -0.05) is 6.07 Å². The molecule has 2 rings (SSSR count). The fourth-order valence-electron chi connectivity index (χ4n) is 3.12. The number of hydrogen-bond donors (Lipinski definition) is 0. The van der Waals surface area contributed by atoms with E-state index >= 15 is 0 Å². The molecule has 0 fully saturated rings. The van der Waals surface area contributed by atoms with Crippen LogP contribution in [0.5, 0.6) is 11.5 Å². The molecule has 0 saturated carbocycles. The third kappa shape index (κ3) is 5.32. The highest BCUT2D eigenvalue weighted by Crippen LogP contribution is 2.32. The molecule has 0 heterocycles. The Balaban J connectivity index is 2.39. The molecule has 4 heteroatoms. The number of carbonyl (C=O) groups is 1. The number of aryl methyl sites for hydroxylation is 2. The highest BCUT2D eigenvalue weighted by Gasteiger charge is 2.18. The lowest BCUT2D eigenvalue weighted by Crippen LogP contribution is -2.15. The van der Waals surface area contributed by atoms with Crippen molar-refractivity contribution in [2.45, 2.75) is 67.6 Å². The van der Waals surface area contributed by atoms with Crippen molar-refractivity contribution in [3.63, 3.8) is 0 Å². The van der Waals surface area contributed by atoms with Gasteiger partial charge in [0.2, 0.25) is 0 Å². The number of rotatable bonds is 7. The van der Waals surface area contributed by atoms with Crippen LogP contribution in [0.4, 0.5) is 0 Å². The van der Waals surface area contributed by atoms with E-state index in [-0.39, 0.29) is 26.3 Å². The third-order valence-corrected chi connectivity index (χ3v) is 5.68. The topological polar surface area (TPSA) is 35.5 Å². The van der Waals surface area contributed by atoms with Crippen LogP contribution in [0.15, 0.2) is 24.3 Å². The predicted octanol–water partition coefficient (Wildman–Crippen LogP) is 5.64. The lowest BCUT2D eigenvalue weighted by atomic mass is 9.95. The van der Waals surface area contributed by atoms with Gasteiger partial charge in [0.1, 0.15) is 11.5 Å². The molecule has 27 heavy (non-hydrogen) atoms. The molecule has 0 bridgehead atoms. The summed E-state index contributed by atoms with van der Waals surface area (Å²) in [5.41, 5.74) is 5.53. The lowest BCUT2D eigenvalue weighted by molar-refractivity contribution is 0.108. The van der Waals surface area contributed by atoms with E-state index in [1.807, 2.05) is 59.7 Å². The molecule has 1 unspecified atom stereocenters. The Morgan fingerprint density at radius 2 is 1.48 bits per heavy atom. The fourth-order valence-corrected chi connectivity index (χ4v) is 4.30. The van der Waals surface area contributed by atoms with Gasteiger partial charge in [-0.25, -0.2) is 0 Å². The van der Waals surface area contributed by atoms with E-state index in [4.69, 9.17) is 9.47 Å². The number of hydrogen-bond acceptors (Lipinski definition) is 3. The first kappa shape index (κ1) is 21.4. The summed E-state index contributed by atoms with van der Waals surface area (Å²) < 4.78 is 11.8. The van der Waals surface area contributed by atoms with Gasteiger partial charge in [0.25, 0.3) is 0 Å². The van der Waals surface area contributed by atoms with Crippen molar-refractivity contribution >= 4 is 19.4 Å². The van der Waals surface area contributed by atoms with Crippen LogP contribution in [-0.4, -0.2) is 17.7 Å². The molecular formula is C23H31O3P. The molecule has 0 aromatic heterocycles. The quantitative estimate of drug-likeness (QED) is 0.578. The highest BCUT2D eigenvalue weighted by atomic mass is 31.1. The molecule has 0 amide bonds. The van der Waals surface area contributed by atoms with Crippen LogP contribution in [-0.2, 0) is 0 Å². The van der Waals surface area contributed by atoms with Crippen LogP contribution in [0.3, 0.4) is 0 Å². The van der Waals surface area contributed by atoms with Gasteiger partial charge in [0, 0.05) is 16.9 Å². The maximum atomic E-state index is 13.1. The van der Waals surface area contributed by atoms with Gasteiger partial charge in [-0.05, 0) is 98.4 Å². The summed E-state index contributed by atoms with van der Waals surface area (Å²) in [6.07, 6.45) is 0.121. The molecule has 0 saturated heterocycles. The second-order valence-corrected chi connectivity index (χ2v) is 8.82. The lowest BCUT2D eigenvalue weighted by Gasteiger charge is -2.18. The van der Waals surface area contributed by atoms with E-state index < -0.39 is 0 Å². The highest BCUT2D eigenvalue weighted by molar-refractivity contribution is 7.66. The second kappa shape index (κ2) is 8.89. The Hall–Kier alpha value is -1.86. The normalized spacial score (nSPS) is 11.6. The average Bonchev–Trinajstić information content (AvgIpc) is 2.54. The van der Waals surface area contributed by atoms with Gasteiger partial charge in [-0.15, -0.1) is 0 Å².